The first-order valence-corrected chi connectivity index (χ1v) is 7.21. The van der Waals surface area contributed by atoms with Crippen molar-refractivity contribution in [3.05, 3.63) is 65.0 Å². The van der Waals surface area contributed by atoms with Gasteiger partial charge in [0.1, 0.15) is 5.82 Å². The summed E-state index contributed by atoms with van der Waals surface area (Å²) >= 11 is 1.55. The summed E-state index contributed by atoms with van der Waals surface area (Å²) in [7, 11) is 0. The van der Waals surface area contributed by atoms with Crippen LogP contribution in [-0.4, -0.2) is 9.97 Å². The molecule has 0 radical (unpaired) electrons. The molecule has 1 N–H and O–H groups in total. The first kappa shape index (κ1) is 11.6. The lowest BCUT2D eigenvalue weighted by Crippen LogP contribution is -1.84. The first-order chi connectivity index (χ1) is 9.79. The second-order valence-electron chi connectivity index (χ2n) is 4.76. The van der Waals surface area contributed by atoms with Crippen LogP contribution >= 0.6 is 11.3 Å². The number of nitrogens with one attached hydrogen (secondary N) is 1. The van der Waals surface area contributed by atoms with Crippen LogP contribution in [0.5, 0.6) is 0 Å². The molecule has 0 aliphatic carbocycles. The van der Waals surface area contributed by atoms with E-state index in [4.69, 9.17) is 0 Å². The molecule has 0 fully saturated rings. The SMILES string of the molecule is Fc1ccc2nc(Cc3c[nH]c4ccccc34)sc2c1. The topological polar surface area (TPSA) is 28.7 Å². The Bertz CT molecular complexity index is 907. The quantitative estimate of drug-likeness (QED) is 0.576. The van der Waals surface area contributed by atoms with Gasteiger partial charge in [-0.2, -0.15) is 0 Å². The highest BCUT2D eigenvalue weighted by atomic mass is 32.1. The zero-order valence-electron chi connectivity index (χ0n) is 10.6. The molecule has 0 aliphatic rings. The van der Waals surface area contributed by atoms with Crippen LogP contribution in [0, 0.1) is 5.82 Å². The van der Waals surface area contributed by atoms with E-state index < -0.39 is 0 Å². The van der Waals surface area contributed by atoms with E-state index in [9.17, 15) is 4.39 Å². The molecule has 0 aliphatic heterocycles. The first-order valence-electron chi connectivity index (χ1n) is 6.39. The molecule has 0 saturated carbocycles. The summed E-state index contributed by atoms with van der Waals surface area (Å²) in [6, 6.07) is 13.0. The molecule has 0 atom stereocenters. The average molecular weight is 282 g/mol. The Labute approximate surface area is 118 Å². The van der Waals surface area contributed by atoms with Gasteiger partial charge in [-0.05, 0) is 29.8 Å². The Morgan fingerprint density at radius 2 is 2.05 bits per heavy atom. The number of rotatable bonds is 2. The minimum absolute atomic E-state index is 0.209. The minimum Gasteiger partial charge on any atom is -0.361 e. The summed E-state index contributed by atoms with van der Waals surface area (Å²) in [6.45, 7) is 0. The van der Waals surface area contributed by atoms with Crippen LogP contribution in [0.3, 0.4) is 0 Å². The van der Waals surface area contributed by atoms with Crippen molar-refractivity contribution in [2.75, 3.05) is 0 Å². The normalized spacial score (nSPS) is 11.4. The minimum atomic E-state index is -0.209. The summed E-state index contributed by atoms with van der Waals surface area (Å²) in [5.74, 6) is -0.209. The lowest BCUT2D eigenvalue weighted by Gasteiger charge is -1.94. The van der Waals surface area contributed by atoms with Gasteiger partial charge >= 0.3 is 0 Å². The number of nitrogens with zero attached hydrogens (tertiary/aromatic N) is 1. The molecule has 20 heavy (non-hydrogen) atoms. The fourth-order valence-corrected chi connectivity index (χ4v) is 3.48. The maximum Gasteiger partial charge on any atom is 0.124 e. The number of halogens is 1. The standard InChI is InChI=1S/C16H11FN2S/c17-11-5-6-14-15(8-11)20-16(19-14)7-10-9-18-13-4-2-1-3-12(10)13/h1-6,8-9,18H,7H2. The third kappa shape index (κ3) is 1.89. The molecular weight excluding hydrogens is 271 g/mol. The second-order valence-corrected chi connectivity index (χ2v) is 5.87. The highest BCUT2D eigenvalue weighted by Crippen LogP contribution is 2.27. The van der Waals surface area contributed by atoms with Crippen molar-refractivity contribution >= 4 is 32.5 Å². The lowest BCUT2D eigenvalue weighted by atomic mass is 10.1. The number of aromatic nitrogens is 2. The Kier molecular flexibility index (Phi) is 2.57. The molecule has 0 bridgehead atoms. The number of hydrogen-bond acceptors (Lipinski definition) is 2. The predicted molar refractivity (Wildman–Crippen MR) is 80.7 cm³/mol. The van der Waals surface area contributed by atoms with Crippen LogP contribution in [0.15, 0.2) is 48.7 Å². The summed E-state index contributed by atoms with van der Waals surface area (Å²) in [6.07, 6.45) is 2.79. The third-order valence-electron chi connectivity index (χ3n) is 3.41. The van der Waals surface area contributed by atoms with E-state index in [2.05, 4.69) is 22.1 Å². The number of hydrogen-bond donors (Lipinski definition) is 1. The third-order valence-corrected chi connectivity index (χ3v) is 4.43. The van der Waals surface area contributed by atoms with E-state index >= 15 is 0 Å². The Balaban J connectivity index is 1.76. The van der Waals surface area contributed by atoms with Gasteiger partial charge in [-0.25, -0.2) is 9.37 Å². The van der Waals surface area contributed by atoms with Crippen LogP contribution in [0.1, 0.15) is 10.6 Å². The van der Waals surface area contributed by atoms with E-state index in [1.165, 1.54) is 17.0 Å². The number of benzene rings is 2. The van der Waals surface area contributed by atoms with E-state index in [1.54, 1.807) is 23.5 Å². The van der Waals surface area contributed by atoms with Crippen molar-refractivity contribution in [2.24, 2.45) is 0 Å². The molecule has 4 rings (SSSR count). The zero-order chi connectivity index (χ0) is 13.5. The van der Waals surface area contributed by atoms with Crippen LogP contribution in [-0.2, 0) is 6.42 Å². The van der Waals surface area contributed by atoms with Crippen molar-refractivity contribution in [1.82, 2.24) is 9.97 Å². The van der Waals surface area contributed by atoms with Gasteiger partial charge < -0.3 is 4.98 Å². The highest BCUT2D eigenvalue weighted by Gasteiger charge is 2.09. The summed E-state index contributed by atoms with van der Waals surface area (Å²) in [4.78, 5) is 7.84. The van der Waals surface area contributed by atoms with Crippen molar-refractivity contribution in [3.8, 4) is 0 Å². The van der Waals surface area contributed by atoms with Gasteiger partial charge in [0.05, 0.1) is 15.2 Å². The van der Waals surface area contributed by atoms with Crippen molar-refractivity contribution in [3.63, 3.8) is 0 Å². The van der Waals surface area contributed by atoms with Crippen LogP contribution in [0.4, 0.5) is 4.39 Å². The molecular formula is C16H11FN2S. The number of para-hydroxylation sites is 1. The zero-order valence-corrected chi connectivity index (χ0v) is 11.4. The van der Waals surface area contributed by atoms with E-state index in [-0.39, 0.29) is 5.82 Å². The monoisotopic (exact) mass is 282 g/mol. The largest absolute Gasteiger partial charge is 0.361 e. The number of fused-ring (bicyclic) bond motifs is 2. The molecule has 0 unspecified atom stereocenters. The molecule has 4 aromatic rings. The van der Waals surface area contributed by atoms with E-state index in [0.29, 0.717) is 0 Å². The van der Waals surface area contributed by atoms with Crippen molar-refractivity contribution in [2.45, 2.75) is 6.42 Å². The smallest absolute Gasteiger partial charge is 0.124 e. The molecule has 98 valence electrons. The molecule has 0 amide bonds. The van der Waals surface area contributed by atoms with Gasteiger partial charge in [-0.3, -0.25) is 0 Å². The second kappa shape index (κ2) is 4.42. The van der Waals surface area contributed by atoms with E-state index in [1.807, 2.05) is 18.3 Å². The molecule has 2 aromatic heterocycles. The van der Waals surface area contributed by atoms with Gasteiger partial charge in [-0.15, -0.1) is 11.3 Å². The van der Waals surface area contributed by atoms with E-state index in [0.717, 1.165) is 27.2 Å². The summed E-state index contributed by atoms with van der Waals surface area (Å²) in [5.41, 5.74) is 3.22. The number of aromatic amines is 1. The van der Waals surface area contributed by atoms with Gasteiger partial charge in [-0.1, -0.05) is 18.2 Å². The van der Waals surface area contributed by atoms with Crippen LogP contribution < -0.4 is 0 Å². The molecule has 2 nitrogen and oxygen atoms in total. The van der Waals surface area contributed by atoms with Gasteiger partial charge in [0.15, 0.2) is 0 Å². The maximum absolute atomic E-state index is 13.2. The van der Waals surface area contributed by atoms with Crippen molar-refractivity contribution < 1.29 is 4.39 Å². The molecule has 2 heterocycles. The van der Waals surface area contributed by atoms with Gasteiger partial charge in [0.25, 0.3) is 0 Å². The Hall–Kier alpha value is -2.20. The number of thiazole rings is 1. The Morgan fingerprint density at radius 3 is 3.00 bits per heavy atom. The van der Waals surface area contributed by atoms with Crippen molar-refractivity contribution in [1.29, 1.82) is 0 Å². The molecule has 4 heteroatoms. The molecule has 2 aromatic carbocycles. The maximum atomic E-state index is 13.2. The lowest BCUT2D eigenvalue weighted by molar-refractivity contribution is 0.630. The highest BCUT2D eigenvalue weighted by molar-refractivity contribution is 7.18. The van der Waals surface area contributed by atoms with Gasteiger partial charge in [0, 0.05) is 23.5 Å². The average Bonchev–Trinajstić information content (AvgIpc) is 3.03. The summed E-state index contributed by atoms with van der Waals surface area (Å²) < 4.78 is 14.1. The molecule has 0 saturated heterocycles. The predicted octanol–water partition coefficient (Wildman–Crippen LogP) is 4.51. The van der Waals surface area contributed by atoms with Crippen LogP contribution in [0.25, 0.3) is 21.1 Å². The Morgan fingerprint density at radius 1 is 1.15 bits per heavy atom. The van der Waals surface area contributed by atoms with Crippen LogP contribution in [0.2, 0.25) is 0 Å². The molecule has 0 spiro atoms. The van der Waals surface area contributed by atoms with Gasteiger partial charge in [0.2, 0.25) is 0 Å². The fraction of sp³-hybridized carbons (Fsp3) is 0.0625. The fourth-order valence-electron chi connectivity index (χ4n) is 2.46. The number of H-pyrrole nitrogens is 1. The summed E-state index contributed by atoms with van der Waals surface area (Å²) in [5, 5.41) is 2.23.